The lowest BCUT2D eigenvalue weighted by Gasteiger charge is -2.28. The van der Waals surface area contributed by atoms with Crippen molar-refractivity contribution in [2.24, 2.45) is 0 Å². The zero-order valence-corrected chi connectivity index (χ0v) is 11.5. The normalized spacial score (nSPS) is 17.3. The van der Waals surface area contributed by atoms with E-state index in [0.29, 0.717) is 37.7 Å². The summed E-state index contributed by atoms with van der Waals surface area (Å²) in [4.78, 5) is 0.140. The van der Waals surface area contributed by atoms with Gasteiger partial charge in [-0.05, 0) is 25.2 Å². The molecule has 8 heteroatoms. The highest BCUT2D eigenvalue weighted by molar-refractivity contribution is 7.89. The summed E-state index contributed by atoms with van der Waals surface area (Å²) < 4.78 is 31.5. The second kappa shape index (κ2) is 5.74. The Kier molecular flexibility index (Phi) is 4.25. The van der Waals surface area contributed by atoms with Gasteiger partial charge < -0.3 is 15.9 Å². The number of benzene rings is 1. The average Bonchev–Trinajstić information content (AvgIpc) is 2.42. The van der Waals surface area contributed by atoms with Crippen LogP contribution in [0.25, 0.3) is 0 Å². The summed E-state index contributed by atoms with van der Waals surface area (Å²) in [6, 6.07) is 4.76. The van der Waals surface area contributed by atoms with Crippen LogP contribution in [0.2, 0.25) is 0 Å². The van der Waals surface area contributed by atoms with E-state index in [1.165, 1.54) is 13.1 Å². The quantitative estimate of drug-likeness (QED) is 0.665. The number of hydrazine groups is 1. The Labute approximate surface area is 112 Å². The summed E-state index contributed by atoms with van der Waals surface area (Å²) in [6.07, 6.45) is 0. The van der Waals surface area contributed by atoms with Gasteiger partial charge in [-0.25, -0.2) is 18.1 Å². The molecule has 1 aromatic carbocycles. The van der Waals surface area contributed by atoms with Crippen LogP contribution in [0.15, 0.2) is 23.1 Å². The summed E-state index contributed by atoms with van der Waals surface area (Å²) in [5, 5.41) is 1.92. The number of nitrogens with two attached hydrogens (primary N) is 1. The highest BCUT2D eigenvalue weighted by Gasteiger charge is 2.19. The Bertz CT molecular complexity index is 541. The first-order valence-corrected chi connectivity index (χ1v) is 7.43. The number of nitrogens with one attached hydrogen (secondary N) is 2. The molecule has 1 aliphatic heterocycles. The second-order valence-corrected chi connectivity index (χ2v) is 6.03. The molecule has 0 bridgehead atoms. The van der Waals surface area contributed by atoms with Gasteiger partial charge in [0.15, 0.2) is 0 Å². The molecule has 7 nitrogen and oxygen atoms in total. The molecule has 19 heavy (non-hydrogen) atoms. The van der Waals surface area contributed by atoms with Gasteiger partial charge in [0, 0.05) is 18.8 Å². The first kappa shape index (κ1) is 14.1. The van der Waals surface area contributed by atoms with Crippen LogP contribution in [0, 0.1) is 0 Å². The van der Waals surface area contributed by atoms with Gasteiger partial charge in [-0.3, -0.25) is 0 Å². The Balaban J connectivity index is 2.29. The largest absolute Gasteiger partial charge is 0.399 e. The Morgan fingerprint density at radius 2 is 2.00 bits per heavy atom. The zero-order valence-electron chi connectivity index (χ0n) is 10.7. The summed E-state index contributed by atoms with van der Waals surface area (Å²) in [5.74, 6) is 0. The van der Waals surface area contributed by atoms with Crippen molar-refractivity contribution in [1.29, 1.82) is 0 Å². The van der Waals surface area contributed by atoms with Crippen LogP contribution >= 0.6 is 0 Å². The summed E-state index contributed by atoms with van der Waals surface area (Å²) in [7, 11) is -2.18. The third kappa shape index (κ3) is 3.35. The van der Waals surface area contributed by atoms with E-state index in [0.717, 1.165) is 0 Å². The molecule has 2 rings (SSSR count). The molecule has 0 atom stereocenters. The van der Waals surface area contributed by atoms with E-state index in [4.69, 9.17) is 10.5 Å². The Morgan fingerprint density at radius 1 is 1.32 bits per heavy atom. The van der Waals surface area contributed by atoms with Gasteiger partial charge in [-0.1, -0.05) is 0 Å². The maximum absolute atomic E-state index is 12.0. The van der Waals surface area contributed by atoms with Crippen LogP contribution in [0.3, 0.4) is 0 Å². The molecule has 106 valence electrons. The summed E-state index contributed by atoms with van der Waals surface area (Å²) >= 11 is 0. The van der Waals surface area contributed by atoms with Crippen molar-refractivity contribution < 1.29 is 13.2 Å². The van der Waals surface area contributed by atoms with Crippen molar-refractivity contribution in [3.63, 3.8) is 0 Å². The third-order valence-electron chi connectivity index (χ3n) is 2.85. The van der Waals surface area contributed by atoms with Gasteiger partial charge in [0.05, 0.1) is 18.9 Å². The maximum Gasteiger partial charge on any atom is 0.242 e. The van der Waals surface area contributed by atoms with Crippen molar-refractivity contribution in [3.05, 3.63) is 18.2 Å². The van der Waals surface area contributed by atoms with Crippen molar-refractivity contribution in [2.45, 2.75) is 4.90 Å². The van der Waals surface area contributed by atoms with Crippen LogP contribution in [0.5, 0.6) is 0 Å². The number of sulfonamides is 1. The van der Waals surface area contributed by atoms with Crippen LogP contribution in [-0.2, 0) is 14.8 Å². The minimum atomic E-state index is -3.55. The smallest absolute Gasteiger partial charge is 0.242 e. The fourth-order valence-corrected chi connectivity index (χ4v) is 2.72. The number of ether oxygens (including phenoxy) is 1. The molecule has 1 saturated heterocycles. The zero-order chi connectivity index (χ0) is 13.9. The number of anilines is 2. The molecule has 0 radical (unpaired) electrons. The number of hydrogen-bond donors (Lipinski definition) is 3. The molecule has 0 amide bonds. The topological polar surface area (TPSA) is 96.7 Å². The molecule has 4 N–H and O–H groups in total. The van der Waals surface area contributed by atoms with Gasteiger partial charge in [-0.15, -0.1) is 0 Å². The average molecular weight is 286 g/mol. The molecular weight excluding hydrogens is 268 g/mol. The Hall–Kier alpha value is -1.35. The standard InChI is InChI=1S/C11H18N4O3S/c1-13-19(16,17)11-8-9(12)2-3-10(11)14-15-4-6-18-7-5-15/h2-3,8,13-14H,4-7,12H2,1H3. The number of rotatable bonds is 4. The monoisotopic (exact) mass is 286 g/mol. The lowest BCUT2D eigenvalue weighted by atomic mass is 10.3. The number of hydrogen-bond acceptors (Lipinski definition) is 6. The Morgan fingerprint density at radius 3 is 2.63 bits per heavy atom. The van der Waals surface area contributed by atoms with Crippen molar-refractivity contribution in [2.75, 3.05) is 44.5 Å². The van der Waals surface area contributed by atoms with E-state index in [-0.39, 0.29) is 4.90 Å². The van der Waals surface area contributed by atoms with Crippen LogP contribution in [0.4, 0.5) is 11.4 Å². The maximum atomic E-state index is 12.0. The third-order valence-corrected chi connectivity index (χ3v) is 4.31. The van der Waals surface area contributed by atoms with Crippen LogP contribution in [0.1, 0.15) is 0 Å². The molecule has 1 aliphatic rings. The number of nitrogens with zero attached hydrogens (tertiary/aromatic N) is 1. The highest BCUT2D eigenvalue weighted by atomic mass is 32.2. The van der Waals surface area contributed by atoms with Crippen molar-refractivity contribution >= 4 is 21.4 Å². The molecule has 0 aromatic heterocycles. The molecule has 1 fully saturated rings. The predicted molar refractivity (Wildman–Crippen MR) is 73.1 cm³/mol. The van der Waals surface area contributed by atoms with Gasteiger partial charge in [0.1, 0.15) is 4.90 Å². The van der Waals surface area contributed by atoms with Crippen molar-refractivity contribution in [1.82, 2.24) is 9.73 Å². The van der Waals surface area contributed by atoms with E-state index in [1.807, 2.05) is 5.01 Å². The van der Waals surface area contributed by atoms with Gasteiger partial charge >= 0.3 is 0 Å². The predicted octanol–water partition coefficient (Wildman–Crippen LogP) is -0.164. The van der Waals surface area contributed by atoms with E-state index < -0.39 is 10.0 Å². The molecule has 1 aromatic rings. The number of morpholine rings is 1. The second-order valence-electron chi connectivity index (χ2n) is 4.17. The molecule has 0 unspecified atom stereocenters. The minimum Gasteiger partial charge on any atom is -0.399 e. The SMILES string of the molecule is CNS(=O)(=O)c1cc(N)ccc1NN1CCOCC1. The van der Waals surface area contributed by atoms with Gasteiger partial charge in [0.2, 0.25) is 10.0 Å². The minimum absolute atomic E-state index is 0.140. The molecule has 1 heterocycles. The van der Waals surface area contributed by atoms with Crippen LogP contribution < -0.4 is 15.9 Å². The first-order valence-electron chi connectivity index (χ1n) is 5.95. The van der Waals surface area contributed by atoms with Crippen LogP contribution in [-0.4, -0.2) is 46.8 Å². The number of nitrogen functional groups attached to an aromatic ring is 1. The van der Waals surface area contributed by atoms with Gasteiger partial charge in [0.25, 0.3) is 0 Å². The molecular formula is C11H18N4O3S. The summed E-state index contributed by atoms with van der Waals surface area (Å²) in [6.45, 7) is 2.64. The van der Waals surface area contributed by atoms with E-state index >= 15 is 0 Å². The van der Waals surface area contributed by atoms with E-state index in [2.05, 4.69) is 10.1 Å². The summed E-state index contributed by atoms with van der Waals surface area (Å²) in [5.41, 5.74) is 9.66. The lowest BCUT2D eigenvalue weighted by Crippen LogP contribution is -2.40. The molecule has 0 saturated carbocycles. The fraction of sp³-hybridized carbons (Fsp3) is 0.455. The molecule has 0 aliphatic carbocycles. The van der Waals surface area contributed by atoms with Crippen molar-refractivity contribution in [3.8, 4) is 0 Å². The first-order chi connectivity index (χ1) is 9.03. The highest BCUT2D eigenvalue weighted by Crippen LogP contribution is 2.24. The van der Waals surface area contributed by atoms with Gasteiger partial charge in [-0.2, -0.15) is 0 Å². The fourth-order valence-electron chi connectivity index (χ4n) is 1.81. The molecule has 0 spiro atoms. The lowest BCUT2D eigenvalue weighted by molar-refractivity contribution is 0.0495. The van der Waals surface area contributed by atoms with E-state index in [1.54, 1.807) is 12.1 Å². The van der Waals surface area contributed by atoms with E-state index in [9.17, 15) is 8.42 Å².